The van der Waals surface area contributed by atoms with E-state index >= 15 is 0 Å². The van der Waals surface area contributed by atoms with Crippen molar-refractivity contribution in [2.45, 2.75) is 13.5 Å². The van der Waals surface area contributed by atoms with Gasteiger partial charge in [0.15, 0.2) is 0 Å². The summed E-state index contributed by atoms with van der Waals surface area (Å²) in [4.78, 5) is 21.2. The van der Waals surface area contributed by atoms with Crippen LogP contribution >= 0.6 is 11.6 Å². The number of nitrogens with one attached hydrogen (secondary N) is 2. The fraction of sp³-hybridized carbons (Fsp3) is 0.150. The smallest absolute Gasteiger partial charge is 0.274 e. The highest BCUT2D eigenvalue weighted by atomic mass is 35.5. The number of hydrogen-bond donors (Lipinski definition) is 2. The van der Waals surface area contributed by atoms with Gasteiger partial charge in [-0.25, -0.2) is 9.97 Å². The maximum absolute atomic E-state index is 12.5. The van der Waals surface area contributed by atoms with Gasteiger partial charge in [-0.05, 0) is 37.3 Å². The molecule has 27 heavy (non-hydrogen) atoms. The third-order valence-electron chi connectivity index (χ3n) is 3.80. The summed E-state index contributed by atoms with van der Waals surface area (Å²) in [5.74, 6) is 0.817. The third-order valence-corrected chi connectivity index (χ3v) is 4.03. The van der Waals surface area contributed by atoms with Crippen LogP contribution in [0.15, 0.2) is 54.6 Å². The number of rotatable bonds is 6. The van der Waals surface area contributed by atoms with Crippen molar-refractivity contribution in [2.24, 2.45) is 0 Å². The van der Waals surface area contributed by atoms with Crippen molar-refractivity contribution in [3.05, 3.63) is 76.6 Å². The molecule has 0 aliphatic carbocycles. The average Bonchev–Trinajstić information content (AvgIpc) is 2.66. The third kappa shape index (κ3) is 4.95. The van der Waals surface area contributed by atoms with Crippen molar-refractivity contribution in [3.8, 4) is 5.75 Å². The molecule has 138 valence electrons. The normalized spacial score (nSPS) is 10.3. The number of halogens is 1. The van der Waals surface area contributed by atoms with Gasteiger partial charge in [0.25, 0.3) is 5.91 Å². The van der Waals surface area contributed by atoms with Gasteiger partial charge in [0.2, 0.25) is 5.95 Å². The van der Waals surface area contributed by atoms with E-state index in [0.29, 0.717) is 28.9 Å². The molecule has 3 aromatic rings. The van der Waals surface area contributed by atoms with Crippen molar-refractivity contribution in [1.29, 1.82) is 0 Å². The number of methoxy groups -OCH3 is 1. The van der Waals surface area contributed by atoms with E-state index in [1.54, 1.807) is 37.4 Å². The molecule has 0 saturated carbocycles. The Labute approximate surface area is 162 Å². The van der Waals surface area contributed by atoms with Gasteiger partial charge < -0.3 is 15.4 Å². The summed E-state index contributed by atoms with van der Waals surface area (Å²) in [6, 6.07) is 16.3. The maximum Gasteiger partial charge on any atom is 0.274 e. The molecular weight excluding hydrogens is 364 g/mol. The number of hydrogen-bond acceptors (Lipinski definition) is 5. The molecule has 0 aliphatic heterocycles. The second-order valence-corrected chi connectivity index (χ2v) is 6.28. The molecule has 0 radical (unpaired) electrons. The number of benzene rings is 2. The standard InChI is InChI=1S/C20H19ClN4O2/c1-13-10-17(19(26)24-16-8-5-7-15(21)11-16)25-20(23-13)22-12-14-6-3-4-9-18(14)27-2/h3-11H,12H2,1-2H3,(H,24,26)(H,22,23,25). The molecule has 0 saturated heterocycles. The molecule has 6 nitrogen and oxygen atoms in total. The Kier molecular flexibility index (Phi) is 5.88. The lowest BCUT2D eigenvalue weighted by molar-refractivity contribution is 0.102. The minimum atomic E-state index is -0.330. The van der Waals surface area contributed by atoms with Crippen molar-refractivity contribution >= 4 is 29.1 Å². The molecule has 0 atom stereocenters. The van der Waals surface area contributed by atoms with E-state index in [9.17, 15) is 4.79 Å². The van der Waals surface area contributed by atoms with Crippen molar-refractivity contribution in [1.82, 2.24) is 9.97 Å². The van der Waals surface area contributed by atoms with Gasteiger partial charge in [-0.15, -0.1) is 0 Å². The van der Waals surface area contributed by atoms with Crippen LogP contribution in [0.3, 0.4) is 0 Å². The lowest BCUT2D eigenvalue weighted by Crippen LogP contribution is -2.16. The fourth-order valence-electron chi connectivity index (χ4n) is 2.55. The first-order valence-corrected chi connectivity index (χ1v) is 8.71. The van der Waals surface area contributed by atoms with Crippen molar-refractivity contribution in [3.63, 3.8) is 0 Å². The second kappa shape index (κ2) is 8.51. The molecule has 0 unspecified atom stereocenters. The first kappa shape index (κ1) is 18.7. The molecule has 0 aliphatic rings. The largest absolute Gasteiger partial charge is 0.496 e. The van der Waals surface area contributed by atoms with E-state index in [2.05, 4.69) is 20.6 Å². The van der Waals surface area contributed by atoms with Gasteiger partial charge in [0.1, 0.15) is 11.4 Å². The highest BCUT2D eigenvalue weighted by Gasteiger charge is 2.12. The maximum atomic E-state index is 12.5. The van der Waals surface area contributed by atoms with Gasteiger partial charge in [-0.3, -0.25) is 4.79 Å². The minimum absolute atomic E-state index is 0.269. The Hall–Kier alpha value is -3.12. The summed E-state index contributed by atoms with van der Waals surface area (Å²) in [6.07, 6.45) is 0. The molecule has 2 aromatic carbocycles. The first-order chi connectivity index (χ1) is 13.0. The first-order valence-electron chi connectivity index (χ1n) is 8.33. The van der Waals surface area contributed by atoms with Gasteiger partial charge in [-0.2, -0.15) is 0 Å². The van der Waals surface area contributed by atoms with Gasteiger partial charge >= 0.3 is 0 Å². The van der Waals surface area contributed by atoms with Crippen molar-refractivity contribution in [2.75, 3.05) is 17.7 Å². The summed E-state index contributed by atoms with van der Waals surface area (Å²) in [5.41, 5.74) is 2.52. The van der Waals surface area contributed by atoms with Crippen LogP contribution in [0.5, 0.6) is 5.75 Å². The Bertz CT molecular complexity index is 962. The second-order valence-electron chi connectivity index (χ2n) is 5.85. The molecule has 1 heterocycles. The van der Waals surface area contributed by atoms with Crippen LogP contribution in [0.1, 0.15) is 21.7 Å². The summed E-state index contributed by atoms with van der Waals surface area (Å²) in [6.45, 7) is 2.29. The molecule has 2 N–H and O–H groups in total. The molecule has 7 heteroatoms. The molecule has 1 aromatic heterocycles. The predicted molar refractivity (Wildman–Crippen MR) is 106 cm³/mol. The number of aryl methyl sites for hydroxylation is 1. The molecule has 1 amide bonds. The highest BCUT2D eigenvalue weighted by molar-refractivity contribution is 6.30. The van der Waals surface area contributed by atoms with Crippen LogP contribution in [-0.4, -0.2) is 23.0 Å². The number of carbonyl (C=O) groups is 1. The Morgan fingerprint density at radius 2 is 1.93 bits per heavy atom. The molecular formula is C20H19ClN4O2. The molecule has 3 rings (SSSR count). The minimum Gasteiger partial charge on any atom is -0.496 e. The number of nitrogens with zero attached hydrogens (tertiary/aromatic N) is 2. The summed E-state index contributed by atoms with van der Waals surface area (Å²) < 4.78 is 5.34. The van der Waals surface area contributed by atoms with E-state index in [1.807, 2.05) is 31.2 Å². The van der Waals surface area contributed by atoms with Gasteiger partial charge in [-0.1, -0.05) is 35.9 Å². The molecule has 0 fully saturated rings. The number of para-hydroxylation sites is 1. The number of carbonyl (C=O) groups excluding carboxylic acids is 1. The van der Waals surface area contributed by atoms with Crippen LogP contribution in [-0.2, 0) is 6.54 Å². The lowest BCUT2D eigenvalue weighted by Gasteiger charge is -2.11. The number of aromatic nitrogens is 2. The zero-order valence-corrected chi connectivity index (χ0v) is 15.7. The average molecular weight is 383 g/mol. The van der Waals surface area contributed by atoms with E-state index in [0.717, 1.165) is 11.3 Å². The lowest BCUT2D eigenvalue weighted by atomic mass is 10.2. The number of anilines is 2. The Balaban J connectivity index is 1.74. The molecule has 0 bridgehead atoms. The summed E-state index contributed by atoms with van der Waals surface area (Å²) in [5, 5.41) is 6.47. The highest BCUT2D eigenvalue weighted by Crippen LogP contribution is 2.19. The van der Waals surface area contributed by atoms with Gasteiger partial charge in [0, 0.05) is 28.5 Å². The van der Waals surface area contributed by atoms with E-state index in [4.69, 9.17) is 16.3 Å². The van der Waals surface area contributed by atoms with Crippen LogP contribution in [0, 0.1) is 6.92 Å². The fourth-order valence-corrected chi connectivity index (χ4v) is 2.74. The number of ether oxygens (including phenoxy) is 1. The number of amides is 1. The topological polar surface area (TPSA) is 76.1 Å². The summed E-state index contributed by atoms with van der Waals surface area (Å²) >= 11 is 5.95. The van der Waals surface area contributed by atoms with Crippen LogP contribution in [0.2, 0.25) is 5.02 Å². The van der Waals surface area contributed by atoms with Gasteiger partial charge in [0.05, 0.1) is 7.11 Å². The molecule has 0 spiro atoms. The van der Waals surface area contributed by atoms with E-state index in [-0.39, 0.29) is 11.6 Å². The predicted octanol–water partition coefficient (Wildman–Crippen LogP) is 4.31. The zero-order chi connectivity index (χ0) is 19.2. The van der Waals surface area contributed by atoms with Crippen LogP contribution in [0.25, 0.3) is 0 Å². The van der Waals surface area contributed by atoms with Crippen LogP contribution in [0.4, 0.5) is 11.6 Å². The quantitative estimate of drug-likeness (QED) is 0.664. The zero-order valence-electron chi connectivity index (χ0n) is 15.0. The summed E-state index contributed by atoms with van der Waals surface area (Å²) in [7, 11) is 1.63. The van der Waals surface area contributed by atoms with E-state index < -0.39 is 0 Å². The van der Waals surface area contributed by atoms with Crippen molar-refractivity contribution < 1.29 is 9.53 Å². The Morgan fingerprint density at radius 1 is 1.11 bits per heavy atom. The monoisotopic (exact) mass is 382 g/mol. The van der Waals surface area contributed by atoms with E-state index in [1.165, 1.54) is 0 Å². The SMILES string of the molecule is COc1ccccc1CNc1nc(C)cc(C(=O)Nc2cccc(Cl)c2)n1. The van der Waals surface area contributed by atoms with Crippen LogP contribution < -0.4 is 15.4 Å². The Morgan fingerprint density at radius 3 is 2.70 bits per heavy atom.